The highest BCUT2D eigenvalue weighted by Gasteiger charge is 2.13. The molecule has 0 radical (unpaired) electrons. The third-order valence-electron chi connectivity index (χ3n) is 3.36. The van der Waals surface area contributed by atoms with Crippen LogP contribution in [0.25, 0.3) is 0 Å². The van der Waals surface area contributed by atoms with Crippen molar-refractivity contribution in [1.82, 2.24) is 5.32 Å². The molecule has 0 fully saturated rings. The van der Waals surface area contributed by atoms with Crippen LogP contribution in [0, 0.1) is 0 Å². The summed E-state index contributed by atoms with van der Waals surface area (Å²) in [6.07, 6.45) is 2.91. The summed E-state index contributed by atoms with van der Waals surface area (Å²) < 4.78 is 0. The average molecular weight is 251 g/mol. The molecule has 0 aromatic heterocycles. The molecule has 0 spiro atoms. The molecule has 0 aliphatic heterocycles. The van der Waals surface area contributed by atoms with Gasteiger partial charge in [0, 0.05) is 12.1 Å². The molecular weight excluding hydrogens is 230 g/mol. The lowest BCUT2D eigenvalue weighted by Crippen LogP contribution is -2.24. The second kappa shape index (κ2) is 6.91. The van der Waals surface area contributed by atoms with Crippen molar-refractivity contribution in [1.29, 1.82) is 0 Å². The molecule has 0 saturated heterocycles. The van der Waals surface area contributed by atoms with Crippen molar-refractivity contribution in [3.05, 3.63) is 84.4 Å². The van der Waals surface area contributed by atoms with E-state index in [0.717, 1.165) is 6.42 Å². The fourth-order valence-corrected chi connectivity index (χ4v) is 2.29. The van der Waals surface area contributed by atoms with Gasteiger partial charge in [-0.05, 0) is 24.5 Å². The Kier molecular flexibility index (Phi) is 4.93. The lowest BCUT2D eigenvalue weighted by molar-refractivity contribution is 0.470. The van der Waals surface area contributed by atoms with Gasteiger partial charge in [0.1, 0.15) is 0 Å². The lowest BCUT2D eigenvalue weighted by Gasteiger charge is -2.23. The van der Waals surface area contributed by atoms with Gasteiger partial charge in [0.15, 0.2) is 0 Å². The van der Waals surface area contributed by atoms with Crippen LogP contribution in [0.5, 0.6) is 0 Å². The van der Waals surface area contributed by atoms with Crippen LogP contribution in [0.1, 0.15) is 36.6 Å². The van der Waals surface area contributed by atoms with Crippen LogP contribution in [0.15, 0.2) is 73.3 Å². The molecule has 0 saturated carbocycles. The van der Waals surface area contributed by atoms with Gasteiger partial charge in [0.05, 0.1) is 0 Å². The van der Waals surface area contributed by atoms with Crippen molar-refractivity contribution in [3.8, 4) is 0 Å². The van der Waals surface area contributed by atoms with Gasteiger partial charge in [-0.25, -0.2) is 0 Å². The van der Waals surface area contributed by atoms with E-state index in [-0.39, 0.29) is 0 Å². The predicted molar refractivity (Wildman–Crippen MR) is 82.0 cm³/mol. The van der Waals surface area contributed by atoms with E-state index in [1.54, 1.807) is 0 Å². The van der Waals surface area contributed by atoms with Crippen LogP contribution in [-0.2, 0) is 0 Å². The molecule has 0 aliphatic carbocycles. The van der Waals surface area contributed by atoms with Gasteiger partial charge in [-0.2, -0.15) is 0 Å². The van der Waals surface area contributed by atoms with Crippen molar-refractivity contribution in [2.24, 2.45) is 0 Å². The molecule has 0 heterocycles. The molecule has 2 atom stereocenters. The zero-order chi connectivity index (χ0) is 13.5. The molecule has 1 nitrogen and oxygen atoms in total. The number of hydrogen-bond donors (Lipinski definition) is 1. The number of nitrogens with one attached hydrogen (secondary N) is 1. The third-order valence-corrected chi connectivity index (χ3v) is 3.36. The van der Waals surface area contributed by atoms with E-state index >= 15 is 0 Å². The predicted octanol–water partition coefficient (Wildman–Crippen LogP) is 4.65. The van der Waals surface area contributed by atoms with E-state index < -0.39 is 0 Å². The Morgan fingerprint density at radius 1 is 0.947 bits per heavy atom. The number of benzene rings is 2. The molecule has 2 aromatic rings. The fourth-order valence-electron chi connectivity index (χ4n) is 2.29. The van der Waals surface area contributed by atoms with E-state index in [1.807, 2.05) is 6.08 Å². The summed E-state index contributed by atoms with van der Waals surface area (Å²) in [6, 6.07) is 21.7. The maximum absolute atomic E-state index is 3.87. The summed E-state index contributed by atoms with van der Waals surface area (Å²) in [6.45, 7) is 6.07. The number of hydrogen-bond acceptors (Lipinski definition) is 1. The van der Waals surface area contributed by atoms with E-state index in [1.165, 1.54) is 11.1 Å². The summed E-state index contributed by atoms with van der Waals surface area (Å²) in [4.78, 5) is 0. The molecule has 1 heteroatoms. The van der Waals surface area contributed by atoms with Gasteiger partial charge in [-0.1, -0.05) is 66.7 Å². The fraction of sp³-hybridized carbons (Fsp3) is 0.222. The SMILES string of the molecule is C=CC[C@@H](N[C@H](C)c1ccccc1)c1ccccc1. The molecule has 0 amide bonds. The normalized spacial score (nSPS) is 13.7. The highest BCUT2D eigenvalue weighted by molar-refractivity contribution is 5.22. The highest BCUT2D eigenvalue weighted by Crippen LogP contribution is 2.22. The van der Waals surface area contributed by atoms with Crippen LogP contribution in [0.2, 0.25) is 0 Å². The first-order valence-electron chi connectivity index (χ1n) is 6.78. The van der Waals surface area contributed by atoms with E-state index in [4.69, 9.17) is 0 Å². The van der Waals surface area contributed by atoms with Gasteiger partial charge >= 0.3 is 0 Å². The molecule has 1 N–H and O–H groups in total. The standard InChI is InChI=1S/C18H21N/c1-3-10-18(17-13-8-5-9-14-17)19-15(2)16-11-6-4-7-12-16/h3-9,11-15,18-19H,1,10H2,2H3/t15-,18-/m1/s1. The van der Waals surface area contributed by atoms with Gasteiger partial charge in [0.25, 0.3) is 0 Å². The average Bonchev–Trinajstić information content (AvgIpc) is 2.48. The zero-order valence-corrected chi connectivity index (χ0v) is 11.4. The minimum Gasteiger partial charge on any atom is -0.303 e. The Hall–Kier alpha value is -1.86. The molecule has 0 bridgehead atoms. The van der Waals surface area contributed by atoms with Gasteiger partial charge in [-0.15, -0.1) is 6.58 Å². The minimum atomic E-state index is 0.314. The van der Waals surface area contributed by atoms with Crippen LogP contribution in [-0.4, -0.2) is 0 Å². The quantitative estimate of drug-likeness (QED) is 0.737. The molecule has 0 unspecified atom stereocenters. The smallest absolute Gasteiger partial charge is 0.0360 e. The largest absolute Gasteiger partial charge is 0.303 e. The Bertz CT molecular complexity index is 490. The van der Waals surface area contributed by atoms with E-state index in [0.29, 0.717) is 12.1 Å². The first-order valence-corrected chi connectivity index (χ1v) is 6.78. The van der Waals surface area contributed by atoms with Gasteiger partial charge < -0.3 is 5.32 Å². The van der Waals surface area contributed by atoms with Crippen molar-refractivity contribution in [3.63, 3.8) is 0 Å². The van der Waals surface area contributed by atoms with Crippen LogP contribution in [0.4, 0.5) is 0 Å². The van der Waals surface area contributed by atoms with Crippen LogP contribution >= 0.6 is 0 Å². The summed E-state index contributed by atoms with van der Waals surface area (Å²) >= 11 is 0. The van der Waals surface area contributed by atoms with Gasteiger partial charge in [0.2, 0.25) is 0 Å². The van der Waals surface area contributed by atoms with Crippen LogP contribution < -0.4 is 5.32 Å². The van der Waals surface area contributed by atoms with E-state index in [2.05, 4.69) is 79.5 Å². The van der Waals surface area contributed by atoms with Crippen LogP contribution in [0.3, 0.4) is 0 Å². The second-order valence-corrected chi connectivity index (χ2v) is 4.79. The maximum Gasteiger partial charge on any atom is 0.0360 e. The van der Waals surface area contributed by atoms with Crippen molar-refractivity contribution >= 4 is 0 Å². The van der Waals surface area contributed by atoms with Gasteiger partial charge in [-0.3, -0.25) is 0 Å². The Labute approximate surface area is 116 Å². The molecular formula is C18H21N. The first kappa shape index (κ1) is 13.6. The maximum atomic E-state index is 3.87. The first-order chi connectivity index (χ1) is 9.31. The van der Waals surface area contributed by atoms with Crippen molar-refractivity contribution in [2.75, 3.05) is 0 Å². The summed E-state index contributed by atoms with van der Waals surface area (Å²) in [5, 5.41) is 3.68. The lowest BCUT2D eigenvalue weighted by atomic mass is 10.0. The molecule has 2 aromatic carbocycles. The number of rotatable bonds is 6. The summed E-state index contributed by atoms with van der Waals surface area (Å²) in [5.74, 6) is 0. The van der Waals surface area contributed by atoms with Crippen molar-refractivity contribution in [2.45, 2.75) is 25.4 Å². The zero-order valence-electron chi connectivity index (χ0n) is 11.4. The minimum absolute atomic E-state index is 0.314. The monoisotopic (exact) mass is 251 g/mol. The third kappa shape index (κ3) is 3.80. The Morgan fingerprint density at radius 2 is 1.47 bits per heavy atom. The van der Waals surface area contributed by atoms with Crippen molar-refractivity contribution < 1.29 is 0 Å². The molecule has 2 rings (SSSR count). The Balaban J connectivity index is 2.11. The van der Waals surface area contributed by atoms with E-state index in [9.17, 15) is 0 Å². The highest BCUT2D eigenvalue weighted by atomic mass is 14.9. The molecule has 98 valence electrons. The molecule has 0 aliphatic rings. The topological polar surface area (TPSA) is 12.0 Å². The summed E-state index contributed by atoms with van der Waals surface area (Å²) in [7, 11) is 0. The Morgan fingerprint density at radius 3 is 2.00 bits per heavy atom. The molecule has 19 heavy (non-hydrogen) atoms. The second-order valence-electron chi connectivity index (χ2n) is 4.79. The summed E-state index contributed by atoms with van der Waals surface area (Å²) in [5.41, 5.74) is 2.62.